The van der Waals surface area contributed by atoms with E-state index in [1.165, 1.54) is 29.5 Å². The summed E-state index contributed by atoms with van der Waals surface area (Å²) in [5, 5.41) is 1.23. The van der Waals surface area contributed by atoms with Crippen molar-refractivity contribution in [1.29, 1.82) is 0 Å². The van der Waals surface area contributed by atoms with Crippen molar-refractivity contribution < 1.29 is 9.47 Å². The fourth-order valence-electron chi connectivity index (χ4n) is 3.32. The number of ether oxygens (including phenoxy) is 2. The minimum Gasteiger partial charge on any atom is -0.493 e. The van der Waals surface area contributed by atoms with Crippen molar-refractivity contribution >= 4 is 23.2 Å². The van der Waals surface area contributed by atoms with Crippen LogP contribution in [0.3, 0.4) is 0 Å². The summed E-state index contributed by atoms with van der Waals surface area (Å²) >= 11 is 12.1. The molecule has 0 saturated heterocycles. The molecule has 0 amide bonds. The van der Waals surface area contributed by atoms with Gasteiger partial charge in [-0.2, -0.15) is 0 Å². The van der Waals surface area contributed by atoms with E-state index in [9.17, 15) is 0 Å². The summed E-state index contributed by atoms with van der Waals surface area (Å²) in [7, 11) is 3.35. The molecule has 0 bridgehead atoms. The third-order valence-corrected chi connectivity index (χ3v) is 5.65. The summed E-state index contributed by atoms with van der Waals surface area (Å²) in [6.07, 6.45) is 4.55. The highest BCUT2D eigenvalue weighted by molar-refractivity contribution is 6.42. The van der Waals surface area contributed by atoms with Crippen molar-refractivity contribution in [1.82, 2.24) is 4.90 Å². The van der Waals surface area contributed by atoms with Crippen LogP contribution in [0.25, 0.3) is 0 Å². The molecular weight excluding hydrogens is 501 g/mol. The van der Waals surface area contributed by atoms with Crippen molar-refractivity contribution in [2.75, 3.05) is 14.2 Å². The van der Waals surface area contributed by atoms with Crippen LogP contribution < -0.4 is 9.47 Å². The van der Waals surface area contributed by atoms with E-state index in [1.807, 2.05) is 26.0 Å². The average Bonchev–Trinajstić information content (AvgIpc) is 3.28. The normalized spacial score (nSPS) is 12.3. The van der Waals surface area contributed by atoms with Gasteiger partial charge in [-0.1, -0.05) is 104 Å². The number of aryl methyl sites for hydroxylation is 1. The molecule has 1 aliphatic heterocycles. The van der Waals surface area contributed by atoms with Gasteiger partial charge in [0.1, 0.15) is 0 Å². The zero-order chi connectivity index (χ0) is 29.0. The first-order chi connectivity index (χ1) is 17.6. The summed E-state index contributed by atoms with van der Waals surface area (Å²) in [4.78, 5) is 2.49. The van der Waals surface area contributed by atoms with Gasteiger partial charge < -0.3 is 9.47 Å². The summed E-state index contributed by atoms with van der Waals surface area (Å²) < 4.78 is 10.8. The van der Waals surface area contributed by atoms with Gasteiger partial charge in [0.05, 0.1) is 24.3 Å². The summed E-state index contributed by atoms with van der Waals surface area (Å²) in [6.45, 7) is 23.2. The number of benzene rings is 2. The summed E-state index contributed by atoms with van der Waals surface area (Å²) in [5.74, 6) is 2.43. The molecule has 37 heavy (non-hydrogen) atoms. The van der Waals surface area contributed by atoms with Crippen LogP contribution in [0.2, 0.25) is 10.0 Å². The maximum absolute atomic E-state index is 6.11. The summed E-state index contributed by atoms with van der Waals surface area (Å²) in [5.41, 5.74) is 3.86. The monoisotopic (exact) mass is 555 g/mol. The minimum atomic E-state index is 0.471. The Kier molecular flexibility index (Phi) is 23.0. The smallest absolute Gasteiger partial charge is 0.161 e. The van der Waals surface area contributed by atoms with E-state index < -0.39 is 0 Å². The van der Waals surface area contributed by atoms with E-state index in [2.05, 4.69) is 78.5 Å². The van der Waals surface area contributed by atoms with Crippen LogP contribution >= 0.6 is 23.2 Å². The van der Waals surface area contributed by atoms with E-state index in [0.29, 0.717) is 16.1 Å². The molecule has 2 aromatic rings. The number of halogens is 2. The molecule has 1 aliphatic rings. The van der Waals surface area contributed by atoms with Crippen LogP contribution in [0.4, 0.5) is 0 Å². The fourth-order valence-corrected chi connectivity index (χ4v) is 3.64. The summed E-state index contributed by atoms with van der Waals surface area (Å²) in [6, 6.07) is 10.5. The van der Waals surface area contributed by atoms with Gasteiger partial charge in [-0.15, -0.1) is 0 Å². The van der Waals surface area contributed by atoms with Crippen molar-refractivity contribution in [2.24, 2.45) is 5.92 Å². The molecule has 3 nitrogen and oxygen atoms in total. The molecule has 3 rings (SSSR count). The van der Waals surface area contributed by atoms with Crippen LogP contribution in [-0.2, 0) is 19.5 Å². The Bertz CT molecular complexity index is 802. The van der Waals surface area contributed by atoms with Crippen molar-refractivity contribution in [3.8, 4) is 11.5 Å². The Morgan fingerprint density at radius 2 is 1.16 bits per heavy atom. The minimum absolute atomic E-state index is 0.471. The lowest BCUT2D eigenvalue weighted by Gasteiger charge is -2.23. The average molecular weight is 557 g/mol. The zero-order valence-electron chi connectivity index (χ0n) is 25.8. The van der Waals surface area contributed by atoms with Crippen LogP contribution in [0.15, 0.2) is 30.3 Å². The molecule has 0 radical (unpaired) electrons. The van der Waals surface area contributed by atoms with Crippen LogP contribution in [0.1, 0.15) is 105 Å². The van der Waals surface area contributed by atoms with Crippen LogP contribution in [0, 0.1) is 5.92 Å². The predicted octanol–water partition coefficient (Wildman–Crippen LogP) is 10.9. The molecule has 1 heterocycles. The molecule has 1 atom stereocenters. The molecule has 2 aromatic carbocycles. The van der Waals surface area contributed by atoms with Crippen LogP contribution in [0.5, 0.6) is 11.5 Å². The number of rotatable bonds is 6. The first kappa shape index (κ1) is 37.7. The van der Waals surface area contributed by atoms with Gasteiger partial charge >= 0.3 is 0 Å². The molecule has 0 saturated carbocycles. The maximum Gasteiger partial charge on any atom is 0.161 e. The number of fused-ring (bicyclic) bond motifs is 1. The molecule has 0 fully saturated rings. The zero-order valence-corrected chi connectivity index (χ0v) is 27.3. The fraction of sp³-hybridized carbons (Fsp3) is 0.625. The largest absolute Gasteiger partial charge is 0.493 e. The molecule has 0 unspecified atom stereocenters. The van der Waals surface area contributed by atoms with E-state index in [-0.39, 0.29) is 0 Å². The quantitative estimate of drug-likeness (QED) is 0.353. The van der Waals surface area contributed by atoms with Gasteiger partial charge in [0.2, 0.25) is 0 Å². The number of methoxy groups -OCH3 is 2. The highest BCUT2D eigenvalue weighted by Crippen LogP contribution is 2.36. The lowest BCUT2D eigenvalue weighted by molar-refractivity contribution is 0.203. The molecule has 5 heteroatoms. The third-order valence-electron chi connectivity index (χ3n) is 4.91. The maximum atomic E-state index is 6.11. The van der Waals surface area contributed by atoms with Crippen LogP contribution in [-0.4, -0.2) is 25.2 Å². The predicted molar refractivity (Wildman–Crippen MR) is 167 cm³/mol. The second-order valence-electron chi connectivity index (χ2n) is 9.66. The van der Waals surface area contributed by atoms with Gasteiger partial charge in [-0.3, -0.25) is 4.90 Å². The Morgan fingerprint density at radius 1 is 0.757 bits per heavy atom. The topological polar surface area (TPSA) is 21.7 Å². The van der Waals surface area contributed by atoms with E-state index in [0.717, 1.165) is 43.3 Å². The lowest BCUT2D eigenvalue weighted by Crippen LogP contribution is -2.28. The molecule has 0 spiro atoms. The Morgan fingerprint density at radius 3 is 1.51 bits per heavy atom. The van der Waals surface area contributed by atoms with Gasteiger partial charge in [-0.25, -0.2) is 0 Å². The van der Waals surface area contributed by atoms with Gasteiger partial charge in [0.25, 0.3) is 0 Å². The van der Waals surface area contributed by atoms with E-state index in [1.54, 1.807) is 14.2 Å². The van der Waals surface area contributed by atoms with Crippen molar-refractivity contribution in [3.63, 3.8) is 0 Å². The number of hydrogen-bond acceptors (Lipinski definition) is 3. The molecular formula is C32H55Cl2NO2. The molecule has 0 N–H and O–H groups in total. The Labute approximate surface area is 239 Å². The van der Waals surface area contributed by atoms with Crippen molar-refractivity contribution in [2.45, 2.75) is 114 Å². The van der Waals surface area contributed by atoms with E-state index in [4.69, 9.17) is 32.7 Å². The Balaban J connectivity index is 0. The lowest BCUT2D eigenvalue weighted by atomic mass is 10.1. The van der Waals surface area contributed by atoms with Crippen molar-refractivity contribution in [3.05, 3.63) is 57.1 Å². The molecule has 0 aliphatic carbocycles. The Hall–Kier alpha value is -1.42. The highest BCUT2D eigenvalue weighted by atomic mass is 35.5. The molecule has 0 aromatic heterocycles. The van der Waals surface area contributed by atoms with E-state index >= 15 is 0 Å². The number of nitrogens with zero attached hydrogens (tertiary/aromatic N) is 1. The highest BCUT2D eigenvalue weighted by Gasteiger charge is 2.25. The first-order valence-corrected chi connectivity index (χ1v) is 14.7. The number of hydrogen-bond donors (Lipinski definition) is 0. The third kappa shape index (κ3) is 15.6. The van der Waals surface area contributed by atoms with Gasteiger partial charge in [0.15, 0.2) is 11.5 Å². The standard InChI is InChI=1S/C20H23Cl2NO2.C4H10.2C3H8.C2H6/c1-13(4-5-14-6-7-17(21)18(22)8-14)23-11-15-9-19(24-2)20(25-3)10-16(15)12-23;1-4(2)3;2*1-3-2;1-2/h6-10,13H,4-5,11-12H2,1-3H3;4H,1-3H3;2*3H2,1-2H3;1-2H3/t13-;;;;/m1..../s1. The van der Waals surface area contributed by atoms with Gasteiger partial charge in [0, 0.05) is 19.1 Å². The van der Waals surface area contributed by atoms with Gasteiger partial charge in [-0.05, 0) is 66.6 Å². The second-order valence-corrected chi connectivity index (χ2v) is 10.5. The second kappa shape index (κ2) is 22.6. The molecule has 214 valence electrons. The SMILES string of the molecule is CC.CC(C)C.CCC.CCC.COc1cc2c(cc1OC)CN([C@H](C)CCc1ccc(Cl)c(Cl)c1)C2. The first-order valence-electron chi connectivity index (χ1n) is 14.0.